The molecule has 1 aromatic carbocycles. The molecule has 0 bridgehead atoms. The Labute approximate surface area is 104 Å². The van der Waals surface area contributed by atoms with Crippen molar-refractivity contribution < 1.29 is 14.1 Å². The second kappa shape index (κ2) is 4.01. The number of ether oxygens (including phenoxy) is 1. The van der Waals surface area contributed by atoms with Gasteiger partial charge in [0.2, 0.25) is 0 Å². The molecule has 2 rings (SSSR count). The summed E-state index contributed by atoms with van der Waals surface area (Å²) in [4.78, 5) is 23.6. The van der Waals surface area contributed by atoms with Gasteiger partial charge in [0.15, 0.2) is 0 Å². The molecule has 0 amide bonds. The van der Waals surface area contributed by atoms with Crippen LogP contribution in [0.5, 0.6) is 0 Å². The summed E-state index contributed by atoms with van der Waals surface area (Å²) in [6, 6.07) is 5.20. The highest BCUT2D eigenvalue weighted by Gasteiger charge is 2.22. The lowest BCUT2D eigenvalue weighted by Gasteiger charge is -2.18. The Morgan fingerprint density at radius 1 is 1.33 bits per heavy atom. The smallest absolute Gasteiger partial charge is 0.441 e. The number of carbonyl (C=O) groups excluding carboxylic acids is 1. The first-order chi connectivity index (χ1) is 8.29. The van der Waals surface area contributed by atoms with Gasteiger partial charge in [0.1, 0.15) is 11.1 Å². The standard InChI is InChI=1S/C13H15NO4/c1-8-6-5-7-9-10(8)11(15)18-14(9)12(16)17-13(2,3)4/h5-7H,1-4H3. The summed E-state index contributed by atoms with van der Waals surface area (Å²) in [7, 11) is 0. The number of hydrogen-bond acceptors (Lipinski definition) is 4. The SMILES string of the molecule is Cc1cccc2c1c(=O)on2C(=O)OC(C)(C)C. The molecule has 0 atom stereocenters. The maximum absolute atomic E-state index is 11.9. The number of rotatable bonds is 0. The Balaban J connectivity index is 2.57. The number of aromatic nitrogens is 1. The van der Waals surface area contributed by atoms with Crippen LogP contribution in [0.4, 0.5) is 4.79 Å². The Morgan fingerprint density at radius 2 is 2.00 bits per heavy atom. The quantitative estimate of drug-likeness (QED) is 0.720. The van der Waals surface area contributed by atoms with Crippen molar-refractivity contribution in [3.8, 4) is 0 Å². The summed E-state index contributed by atoms with van der Waals surface area (Å²) >= 11 is 0. The summed E-state index contributed by atoms with van der Waals surface area (Å²) < 4.78 is 11.0. The summed E-state index contributed by atoms with van der Waals surface area (Å²) in [5.74, 6) is 0. The van der Waals surface area contributed by atoms with Gasteiger partial charge in [-0.1, -0.05) is 12.1 Å². The fourth-order valence-electron chi connectivity index (χ4n) is 1.70. The molecule has 0 spiro atoms. The minimum atomic E-state index is -0.694. The van der Waals surface area contributed by atoms with E-state index in [1.54, 1.807) is 45.9 Å². The number of fused-ring (bicyclic) bond motifs is 1. The van der Waals surface area contributed by atoms with Crippen LogP contribution in [0.1, 0.15) is 26.3 Å². The van der Waals surface area contributed by atoms with Crippen LogP contribution in [0.2, 0.25) is 0 Å². The molecule has 0 aliphatic heterocycles. The molecule has 0 aliphatic rings. The molecule has 0 aliphatic carbocycles. The van der Waals surface area contributed by atoms with Gasteiger partial charge in [-0.05, 0) is 39.3 Å². The first-order valence-corrected chi connectivity index (χ1v) is 5.64. The van der Waals surface area contributed by atoms with Crippen molar-refractivity contribution in [3.63, 3.8) is 0 Å². The van der Waals surface area contributed by atoms with Crippen LogP contribution in [0, 0.1) is 6.92 Å². The van der Waals surface area contributed by atoms with Crippen LogP contribution in [0.3, 0.4) is 0 Å². The van der Waals surface area contributed by atoms with Gasteiger partial charge in [0, 0.05) is 0 Å². The first-order valence-electron chi connectivity index (χ1n) is 5.64. The lowest BCUT2D eigenvalue weighted by atomic mass is 10.1. The molecule has 0 saturated carbocycles. The Morgan fingerprint density at radius 3 is 2.61 bits per heavy atom. The average molecular weight is 249 g/mol. The van der Waals surface area contributed by atoms with Crippen LogP contribution < -0.4 is 5.63 Å². The largest absolute Gasteiger partial charge is 0.448 e. The second-order valence-electron chi connectivity index (χ2n) is 5.12. The topological polar surface area (TPSA) is 61.4 Å². The molecule has 0 saturated heterocycles. The van der Waals surface area contributed by atoms with Gasteiger partial charge >= 0.3 is 11.7 Å². The summed E-state index contributed by atoms with van der Waals surface area (Å²) in [6.45, 7) is 7.04. The third kappa shape index (κ3) is 2.16. The normalized spacial score (nSPS) is 11.8. The van der Waals surface area contributed by atoms with Crippen LogP contribution in [-0.2, 0) is 4.74 Å². The third-order valence-electron chi connectivity index (χ3n) is 2.41. The maximum Gasteiger partial charge on any atom is 0.448 e. The summed E-state index contributed by atoms with van der Waals surface area (Å²) in [5.41, 5.74) is 0.0163. The van der Waals surface area contributed by atoms with Crippen LogP contribution >= 0.6 is 0 Å². The van der Waals surface area contributed by atoms with E-state index < -0.39 is 17.3 Å². The van der Waals surface area contributed by atoms with Crippen molar-refractivity contribution in [1.29, 1.82) is 0 Å². The van der Waals surface area contributed by atoms with Gasteiger partial charge < -0.3 is 9.26 Å². The lowest BCUT2D eigenvalue weighted by Crippen LogP contribution is -2.26. The van der Waals surface area contributed by atoms with Crippen molar-refractivity contribution >= 4 is 17.0 Å². The van der Waals surface area contributed by atoms with E-state index >= 15 is 0 Å². The highest BCUT2D eigenvalue weighted by Crippen LogP contribution is 2.17. The zero-order chi connectivity index (χ0) is 13.5. The fraction of sp³-hybridized carbons (Fsp3) is 0.385. The van der Waals surface area contributed by atoms with Crippen molar-refractivity contribution in [2.75, 3.05) is 0 Å². The highest BCUT2D eigenvalue weighted by molar-refractivity contribution is 5.88. The average Bonchev–Trinajstić information content (AvgIpc) is 2.55. The van der Waals surface area contributed by atoms with E-state index in [1.807, 2.05) is 0 Å². The predicted molar refractivity (Wildman–Crippen MR) is 66.8 cm³/mol. The minimum Gasteiger partial charge on any atom is -0.441 e. The van der Waals surface area contributed by atoms with Crippen LogP contribution in [0.25, 0.3) is 10.9 Å². The molecule has 2 aromatic rings. The monoisotopic (exact) mass is 249 g/mol. The molecule has 96 valence electrons. The molecule has 0 radical (unpaired) electrons. The molecule has 0 N–H and O–H groups in total. The predicted octanol–water partition coefficient (Wildman–Crippen LogP) is 2.69. The van der Waals surface area contributed by atoms with Gasteiger partial charge in [-0.25, -0.2) is 9.59 Å². The van der Waals surface area contributed by atoms with E-state index in [2.05, 4.69) is 0 Å². The molecule has 18 heavy (non-hydrogen) atoms. The van der Waals surface area contributed by atoms with E-state index in [0.717, 1.165) is 10.3 Å². The number of aryl methyl sites for hydroxylation is 1. The number of benzene rings is 1. The van der Waals surface area contributed by atoms with Crippen molar-refractivity contribution in [2.45, 2.75) is 33.3 Å². The zero-order valence-corrected chi connectivity index (χ0v) is 10.8. The first kappa shape index (κ1) is 12.4. The van der Waals surface area contributed by atoms with E-state index in [1.165, 1.54) is 0 Å². The Bertz CT molecular complexity index is 658. The third-order valence-corrected chi connectivity index (χ3v) is 2.41. The number of carbonyl (C=O) groups is 1. The minimum absolute atomic E-state index is 0.406. The Hall–Kier alpha value is -2.04. The van der Waals surface area contributed by atoms with Gasteiger partial charge in [-0.3, -0.25) is 0 Å². The van der Waals surface area contributed by atoms with Crippen molar-refractivity contribution in [3.05, 3.63) is 34.2 Å². The van der Waals surface area contributed by atoms with Crippen LogP contribution in [0.15, 0.2) is 27.5 Å². The van der Waals surface area contributed by atoms with E-state index in [9.17, 15) is 9.59 Å². The Kier molecular flexibility index (Phi) is 2.77. The molecule has 5 heteroatoms. The molecular formula is C13H15NO4. The molecular weight excluding hydrogens is 234 g/mol. The number of hydrogen-bond donors (Lipinski definition) is 0. The molecule has 1 aromatic heterocycles. The van der Waals surface area contributed by atoms with Gasteiger partial charge in [-0.15, -0.1) is 4.74 Å². The maximum atomic E-state index is 11.9. The molecule has 5 nitrogen and oxygen atoms in total. The van der Waals surface area contributed by atoms with E-state index in [-0.39, 0.29) is 0 Å². The van der Waals surface area contributed by atoms with Crippen molar-refractivity contribution in [2.24, 2.45) is 0 Å². The lowest BCUT2D eigenvalue weighted by molar-refractivity contribution is 0.0391. The molecule has 0 fully saturated rings. The second-order valence-corrected chi connectivity index (χ2v) is 5.12. The van der Waals surface area contributed by atoms with Gasteiger partial charge in [0.05, 0.1) is 5.39 Å². The van der Waals surface area contributed by atoms with E-state index in [4.69, 9.17) is 9.26 Å². The molecule has 0 unspecified atom stereocenters. The van der Waals surface area contributed by atoms with E-state index in [0.29, 0.717) is 10.9 Å². The fourth-order valence-corrected chi connectivity index (χ4v) is 1.70. The zero-order valence-electron chi connectivity index (χ0n) is 10.8. The van der Waals surface area contributed by atoms with Crippen LogP contribution in [-0.4, -0.2) is 16.4 Å². The summed E-state index contributed by atoms with van der Waals surface area (Å²) in [6.07, 6.45) is -0.694. The van der Waals surface area contributed by atoms with Gasteiger partial charge in [0.25, 0.3) is 0 Å². The van der Waals surface area contributed by atoms with Gasteiger partial charge in [-0.2, -0.15) is 0 Å². The summed E-state index contributed by atoms with van der Waals surface area (Å²) in [5, 5.41) is 0.406. The highest BCUT2D eigenvalue weighted by atomic mass is 16.6. The molecule has 1 heterocycles. The van der Waals surface area contributed by atoms with Crippen molar-refractivity contribution in [1.82, 2.24) is 4.74 Å². The number of nitrogens with zero attached hydrogens (tertiary/aromatic N) is 1.